The largest absolute Gasteiger partial charge is 0.493 e. The van der Waals surface area contributed by atoms with E-state index in [0.717, 1.165) is 86.5 Å². The molecule has 176 valence electrons. The van der Waals surface area contributed by atoms with Gasteiger partial charge in [-0.15, -0.1) is 5.10 Å². The molecule has 0 aliphatic carbocycles. The summed E-state index contributed by atoms with van der Waals surface area (Å²) in [5, 5.41) is 10.6. The lowest BCUT2D eigenvalue weighted by atomic mass is 10.1. The lowest BCUT2D eigenvalue weighted by Gasteiger charge is -2.29. The molecular formula is C26H32ClN3O3. The summed E-state index contributed by atoms with van der Waals surface area (Å²) in [4.78, 5) is 2.30. The van der Waals surface area contributed by atoms with Crippen LogP contribution in [0.2, 0.25) is 5.15 Å². The molecule has 6 nitrogen and oxygen atoms in total. The summed E-state index contributed by atoms with van der Waals surface area (Å²) < 4.78 is 17.5. The van der Waals surface area contributed by atoms with Gasteiger partial charge in [0.2, 0.25) is 0 Å². The van der Waals surface area contributed by atoms with Gasteiger partial charge >= 0.3 is 0 Å². The van der Waals surface area contributed by atoms with Gasteiger partial charge in [0.15, 0.2) is 5.15 Å². The number of anilines is 1. The van der Waals surface area contributed by atoms with E-state index in [-0.39, 0.29) is 0 Å². The van der Waals surface area contributed by atoms with Crippen molar-refractivity contribution in [1.29, 1.82) is 0 Å². The van der Waals surface area contributed by atoms with E-state index in [1.807, 2.05) is 25.1 Å². The molecule has 1 aliphatic heterocycles. The molecule has 2 aromatic carbocycles. The smallest absolute Gasteiger partial charge is 0.159 e. The number of rotatable bonds is 11. The molecule has 0 atom stereocenters. The first-order valence-electron chi connectivity index (χ1n) is 11.8. The number of aromatic nitrogens is 2. The molecule has 2 heterocycles. The van der Waals surface area contributed by atoms with Gasteiger partial charge in [-0.25, -0.2) is 0 Å². The van der Waals surface area contributed by atoms with Gasteiger partial charge in [-0.3, -0.25) is 0 Å². The van der Waals surface area contributed by atoms with Crippen LogP contribution in [0.1, 0.15) is 36.9 Å². The van der Waals surface area contributed by atoms with Crippen molar-refractivity contribution >= 4 is 28.1 Å². The molecule has 0 N–H and O–H groups in total. The van der Waals surface area contributed by atoms with Crippen molar-refractivity contribution in [3.63, 3.8) is 0 Å². The van der Waals surface area contributed by atoms with E-state index in [9.17, 15) is 0 Å². The summed E-state index contributed by atoms with van der Waals surface area (Å²) in [5.74, 6) is 0.828. The van der Waals surface area contributed by atoms with Crippen LogP contribution >= 0.6 is 11.6 Å². The highest BCUT2D eigenvalue weighted by molar-refractivity contribution is 6.34. The molecule has 33 heavy (non-hydrogen) atoms. The fourth-order valence-corrected chi connectivity index (χ4v) is 4.27. The molecule has 0 unspecified atom stereocenters. The number of benzene rings is 2. The summed E-state index contributed by atoms with van der Waals surface area (Å²) in [7, 11) is 0. The zero-order valence-corrected chi connectivity index (χ0v) is 20.0. The van der Waals surface area contributed by atoms with Gasteiger partial charge in [0.05, 0.1) is 37.5 Å². The van der Waals surface area contributed by atoms with Crippen LogP contribution in [0.15, 0.2) is 42.5 Å². The first-order chi connectivity index (χ1) is 16.2. The van der Waals surface area contributed by atoms with Crippen molar-refractivity contribution in [2.75, 3.05) is 44.4 Å². The van der Waals surface area contributed by atoms with E-state index < -0.39 is 0 Å². The minimum absolute atomic E-state index is 0.408. The van der Waals surface area contributed by atoms with Crippen LogP contribution in [0, 0.1) is 6.92 Å². The third-order valence-electron chi connectivity index (χ3n) is 5.89. The van der Waals surface area contributed by atoms with Crippen LogP contribution in [0.3, 0.4) is 0 Å². The average Bonchev–Trinajstić information content (AvgIpc) is 2.86. The second kappa shape index (κ2) is 12.2. The Morgan fingerprint density at radius 1 is 0.970 bits per heavy atom. The Morgan fingerprint density at radius 2 is 1.73 bits per heavy atom. The first kappa shape index (κ1) is 23.7. The highest BCUT2D eigenvalue weighted by Gasteiger charge is 2.17. The maximum Gasteiger partial charge on any atom is 0.159 e. The number of hydrogen-bond acceptors (Lipinski definition) is 6. The van der Waals surface area contributed by atoms with Crippen molar-refractivity contribution in [2.24, 2.45) is 0 Å². The number of nitrogens with zero attached hydrogens (tertiary/aromatic N) is 3. The van der Waals surface area contributed by atoms with Gasteiger partial charge in [0, 0.05) is 36.8 Å². The number of ether oxygens (including phenoxy) is 3. The van der Waals surface area contributed by atoms with E-state index in [0.29, 0.717) is 18.4 Å². The first-order valence-corrected chi connectivity index (χ1v) is 12.1. The minimum atomic E-state index is 0.408. The molecule has 0 amide bonds. The van der Waals surface area contributed by atoms with Crippen molar-refractivity contribution in [3.8, 4) is 5.75 Å². The molecule has 0 bridgehead atoms. The predicted octanol–water partition coefficient (Wildman–Crippen LogP) is 5.58. The summed E-state index contributed by atoms with van der Waals surface area (Å²) in [6, 6.07) is 14.5. The number of morpholine rings is 1. The maximum absolute atomic E-state index is 6.41. The number of aryl methyl sites for hydroxylation is 1. The monoisotopic (exact) mass is 469 g/mol. The van der Waals surface area contributed by atoms with E-state index in [4.69, 9.17) is 25.8 Å². The number of fused-ring (bicyclic) bond motifs is 1. The van der Waals surface area contributed by atoms with E-state index in [1.54, 1.807) is 0 Å². The van der Waals surface area contributed by atoms with Crippen LogP contribution in [0.5, 0.6) is 5.75 Å². The van der Waals surface area contributed by atoms with Crippen molar-refractivity contribution < 1.29 is 14.2 Å². The van der Waals surface area contributed by atoms with Crippen molar-refractivity contribution in [2.45, 2.75) is 39.2 Å². The minimum Gasteiger partial charge on any atom is -0.493 e. The number of halogens is 1. The fraction of sp³-hybridized carbons (Fsp3) is 0.462. The molecule has 1 fully saturated rings. The van der Waals surface area contributed by atoms with E-state index in [1.165, 1.54) is 5.56 Å². The molecule has 1 saturated heterocycles. The predicted molar refractivity (Wildman–Crippen MR) is 132 cm³/mol. The zero-order valence-electron chi connectivity index (χ0n) is 19.3. The Morgan fingerprint density at radius 3 is 2.52 bits per heavy atom. The molecule has 3 aromatic rings. The quantitative estimate of drug-likeness (QED) is 0.341. The van der Waals surface area contributed by atoms with Gasteiger partial charge < -0.3 is 19.1 Å². The molecule has 4 rings (SSSR count). The standard InChI is InChI=1S/C26H32ClN3O3/c1-20-25-23(26(27)29-28-20)17-22(30-11-15-31-16-12-30)18-24(25)33-14-8-3-2-7-13-32-19-21-9-5-4-6-10-21/h4-6,9-10,17-18H,2-3,7-8,11-16,19H2,1H3. The molecule has 7 heteroatoms. The average molecular weight is 470 g/mol. The summed E-state index contributed by atoms with van der Waals surface area (Å²) in [6.45, 7) is 7.24. The molecule has 0 spiro atoms. The lowest BCUT2D eigenvalue weighted by molar-refractivity contribution is 0.116. The van der Waals surface area contributed by atoms with Gasteiger partial charge in [-0.2, -0.15) is 5.10 Å². The maximum atomic E-state index is 6.41. The Labute approximate surface area is 200 Å². The molecule has 0 saturated carbocycles. The van der Waals surface area contributed by atoms with Gasteiger partial charge in [-0.1, -0.05) is 48.4 Å². The fourth-order valence-electron chi connectivity index (χ4n) is 4.08. The summed E-state index contributed by atoms with van der Waals surface area (Å²) in [5.41, 5.74) is 3.14. The topological polar surface area (TPSA) is 56.7 Å². The Kier molecular flexibility index (Phi) is 8.75. The molecule has 1 aromatic heterocycles. The Hall–Kier alpha value is -2.41. The van der Waals surface area contributed by atoms with Gasteiger partial charge in [-0.05, 0) is 37.8 Å². The highest BCUT2D eigenvalue weighted by Crippen LogP contribution is 2.36. The van der Waals surface area contributed by atoms with Crippen LogP contribution < -0.4 is 9.64 Å². The molecule has 1 aliphatic rings. The van der Waals surface area contributed by atoms with Crippen molar-refractivity contribution in [1.82, 2.24) is 10.2 Å². The number of hydrogen-bond donors (Lipinski definition) is 0. The lowest BCUT2D eigenvalue weighted by Crippen LogP contribution is -2.36. The van der Waals surface area contributed by atoms with E-state index >= 15 is 0 Å². The zero-order chi connectivity index (χ0) is 22.9. The normalized spacial score (nSPS) is 14.1. The second-order valence-corrected chi connectivity index (χ2v) is 8.70. The summed E-state index contributed by atoms with van der Waals surface area (Å²) >= 11 is 6.41. The highest BCUT2D eigenvalue weighted by atomic mass is 35.5. The van der Waals surface area contributed by atoms with E-state index in [2.05, 4.69) is 39.4 Å². The Bertz CT molecular complexity index is 1030. The van der Waals surface area contributed by atoms with Crippen LogP contribution in [0.25, 0.3) is 10.8 Å². The SMILES string of the molecule is Cc1nnc(Cl)c2cc(N3CCOCC3)cc(OCCCCCCOCc3ccccc3)c12. The molecule has 0 radical (unpaired) electrons. The molecular weight excluding hydrogens is 438 g/mol. The van der Waals surface area contributed by atoms with Crippen molar-refractivity contribution in [3.05, 3.63) is 58.9 Å². The van der Waals surface area contributed by atoms with Gasteiger partial charge in [0.25, 0.3) is 0 Å². The van der Waals surface area contributed by atoms with Crippen LogP contribution in [-0.2, 0) is 16.1 Å². The Balaban J connectivity index is 1.28. The third-order valence-corrected chi connectivity index (χ3v) is 6.17. The van der Waals surface area contributed by atoms with Crippen LogP contribution in [0.4, 0.5) is 5.69 Å². The summed E-state index contributed by atoms with van der Waals surface area (Å²) in [6.07, 6.45) is 4.29. The number of unbranched alkanes of at least 4 members (excludes halogenated alkanes) is 3. The van der Waals surface area contributed by atoms with Gasteiger partial charge in [0.1, 0.15) is 5.75 Å². The van der Waals surface area contributed by atoms with Crippen LogP contribution in [-0.4, -0.2) is 49.7 Å². The third kappa shape index (κ3) is 6.56. The second-order valence-electron chi connectivity index (χ2n) is 8.34.